The van der Waals surface area contributed by atoms with Crippen LogP contribution in [0.3, 0.4) is 0 Å². The number of carbonyl (C=O) groups excluding carboxylic acids is 3. The molecule has 0 amide bonds. The first kappa shape index (κ1) is 28.7. The maximum Gasteiger partial charge on any atom is 0.334 e. The second kappa shape index (κ2) is 9.14. The van der Waals surface area contributed by atoms with Crippen LogP contribution in [0.1, 0.15) is 68.2 Å². The number of hydrogen-bond acceptors (Lipinski definition) is 8. The maximum atomic E-state index is 13.2. The van der Waals surface area contributed by atoms with Crippen molar-refractivity contribution in [2.75, 3.05) is 6.61 Å². The van der Waals surface area contributed by atoms with E-state index >= 15 is 0 Å². The summed E-state index contributed by atoms with van der Waals surface area (Å²) in [5.41, 5.74) is -4.49. The summed E-state index contributed by atoms with van der Waals surface area (Å²) in [7, 11) is 0. The molecule has 0 spiro atoms. The minimum atomic E-state index is -1.95. The second-order valence-corrected chi connectivity index (χ2v) is 12.5. The lowest BCUT2D eigenvalue weighted by atomic mass is 9.59. The smallest absolute Gasteiger partial charge is 0.334 e. The molecule has 0 aromatic heterocycles. The lowest BCUT2D eigenvalue weighted by Gasteiger charge is -2.53. The van der Waals surface area contributed by atoms with Crippen molar-refractivity contribution < 1.29 is 39.2 Å². The first-order valence-corrected chi connectivity index (χ1v) is 13.6. The van der Waals surface area contributed by atoms with Gasteiger partial charge in [0.2, 0.25) is 0 Å². The third-order valence-corrected chi connectivity index (χ3v) is 10.2. The van der Waals surface area contributed by atoms with Gasteiger partial charge >= 0.3 is 11.9 Å². The molecule has 0 aliphatic heterocycles. The van der Waals surface area contributed by atoms with Crippen LogP contribution >= 0.6 is 0 Å². The van der Waals surface area contributed by atoms with Crippen LogP contribution in [0.2, 0.25) is 0 Å². The fraction of sp³-hybridized carbons (Fsp3) is 0.700. The van der Waals surface area contributed by atoms with Crippen molar-refractivity contribution in [1.29, 1.82) is 0 Å². The number of esters is 2. The Bertz CT molecular complexity index is 1150. The zero-order chi connectivity index (χ0) is 28.6. The van der Waals surface area contributed by atoms with E-state index in [9.17, 15) is 29.7 Å². The van der Waals surface area contributed by atoms with Crippen LogP contribution < -0.4 is 0 Å². The van der Waals surface area contributed by atoms with Crippen molar-refractivity contribution in [2.24, 2.45) is 35.0 Å². The lowest BCUT2D eigenvalue weighted by molar-refractivity contribution is -0.229. The molecular formula is C30H42O8. The predicted molar refractivity (Wildman–Crippen MR) is 139 cm³/mol. The maximum absolute atomic E-state index is 13.2. The first-order valence-electron chi connectivity index (χ1n) is 13.6. The largest absolute Gasteiger partial charge is 0.457 e. The number of Topliss-reactive ketones (excluding diaryl/α,β-unsaturated/α-hetero) is 1. The van der Waals surface area contributed by atoms with Gasteiger partial charge in [0.05, 0.1) is 18.1 Å². The standard InChI is InChI=1S/C30H42O8/c1-9-15(3)25(33)37-24-18(6)29(36)20(22-27(7,8)30(22,24)38-26(34)16(4)10-2)12-19(14-31)13-28(35)21(29)11-17(5)23(28)32/h10-12,15,18,20-22,24,31,35-36H,9,13-14H2,1-8H3/b16-10+/t15-,18+,20-,21+,22+,24+,28+,29+,30+/m0/s1. The van der Waals surface area contributed by atoms with E-state index in [0.717, 1.165) is 0 Å². The van der Waals surface area contributed by atoms with Crippen LogP contribution in [0.4, 0.5) is 0 Å². The van der Waals surface area contributed by atoms with E-state index in [1.165, 1.54) is 0 Å². The van der Waals surface area contributed by atoms with Gasteiger partial charge in [0.1, 0.15) is 11.7 Å². The fourth-order valence-electron chi connectivity index (χ4n) is 7.58. The molecule has 0 radical (unpaired) electrons. The van der Waals surface area contributed by atoms with Gasteiger partial charge in [-0.25, -0.2) is 4.79 Å². The third kappa shape index (κ3) is 3.56. The van der Waals surface area contributed by atoms with Crippen LogP contribution in [0, 0.1) is 35.0 Å². The van der Waals surface area contributed by atoms with Crippen molar-refractivity contribution in [3.8, 4) is 0 Å². The Morgan fingerprint density at radius 1 is 1.24 bits per heavy atom. The van der Waals surface area contributed by atoms with Crippen LogP contribution in [0.15, 0.2) is 34.9 Å². The molecule has 4 aliphatic rings. The average molecular weight is 531 g/mol. The molecule has 0 aromatic carbocycles. The average Bonchev–Trinajstić information content (AvgIpc) is 3.30. The van der Waals surface area contributed by atoms with Crippen molar-refractivity contribution in [2.45, 2.75) is 91.1 Å². The highest BCUT2D eigenvalue weighted by atomic mass is 16.6. The van der Waals surface area contributed by atoms with E-state index in [4.69, 9.17) is 9.47 Å². The van der Waals surface area contributed by atoms with Crippen LogP contribution in [-0.4, -0.2) is 62.6 Å². The van der Waals surface area contributed by atoms with E-state index in [1.54, 1.807) is 52.8 Å². The van der Waals surface area contributed by atoms with Gasteiger partial charge in [-0.3, -0.25) is 9.59 Å². The summed E-state index contributed by atoms with van der Waals surface area (Å²) in [6.45, 7) is 13.8. The molecular weight excluding hydrogens is 488 g/mol. The Labute approximate surface area is 224 Å². The lowest BCUT2D eigenvalue weighted by Crippen LogP contribution is -2.66. The highest BCUT2D eigenvalue weighted by molar-refractivity contribution is 6.04. The van der Waals surface area contributed by atoms with E-state index in [-0.39, 0.29) is 6.42 Å². The number of ketones is 1. The molecule has 8 heteroatoms. The molecule has 0 heterocycles. The van der Waals surface area contributed by atoms with Gasteiger partial charge in [0, 0.05) is 41.1 Å². The normalized spacial score (nSPS) is 42.0. The number of aliphatic hydroxyl groups is 3. The Morgan fingerprint density at radius 3 is 2.42 bits per heavy atom. The molecule has 210 valence electrons. The Kier molecular flexibility index (Phi) is 6.90. The van der Waals surface area contributed by atoms with Crippen LogP contribution in [0.5, 0.6) is 0 Å². The number of allylic oxidation sites excluding steroid dienone is 1. The monoisotopic (exact) mass is 530 g/mol. The summed E-state index contributed by atoms with van der Waals surface area (Å²) in [4.78, 5) is 39.6. The number of rotatable bonds is 6. The number of ether oxygens (including phenoxy) is 2. The number of carbonyl (C=O) groups is 3. The van der Waals surface area contributed by atoms with Crippen molar-refractivity contribution in [1.82, 2.24) is 0 Å². The Morgan fingerprint density at radius 2 is 1.87 bits per heavy atom. The number of hydrogen-bond donors (Lipinski definition) is 3. The molecule has 0 aromatic rings. The number of aliphatic hydroxyl groups excluding tert-OH is 1. The minimum Gasteiger partial charge on any atom is -0.457 e. The van der Waals surface area contributed by atoms with E-state index in [2.05, 4.69) is 0 Å². The van der Waals surface area contributed by atoms with Crippen molar-refractivity contribution in [3.63, 3.8) is 0 Å². The minimum absolute atomic E-state index is 0.124. The van der Waals surface area contributed by atoms with Gasteiger partial charge in [0.25, 0.3) is 0 Å². The highest BCUT2D eigenvalue weighted by Gasteiger charge is 2.88. The summed E-state index contributed by atoms with van der Waals surface area (Å²) in [6.07, 6.45) is 4.41. The summed E-state index contributed by atoms with van der Waals surface area (Å²) in [6, 6.07) is 0. The summed E-state index contributed by atoms with van der Waals surface area (Å²) >= 11 is 0. The van der Waals surface area contributed by atoms with Crippen molar-refractivity contribution >= 4 is 17.7 Å². The summed E-state index contributed by atoms with van der Waals surface area (Å²) < 4.78 is 12.4. The molecule has 0 saturated heterocycles. The van der Waals surface area contributed by atoms with E-state index < -0.39 is 82.2 Å². The fourth-order valence-corrected chi connectivity index (χ4v) is 7.58. The van der Waals surface area contributed by atoms with Crippen LogP contribution in [0.25, 0.3) is 0 Å². The van der Waals surface area contributed by atoms with E-state index in [0.29, 0.717) is 23.1 Å². The Hall–Kier alpha value is -2.29. The van der Waals surface area contributed by atoms with Gasteiger partial charge < -0.3 is 24.8 Å². The molecule has 2 saturated carbocycles. The molecule has 8 nitrogen and oxygen atoms in total. The SMILES string of the molecule is C/C=C(\C)C(=O)O[C@@]12[C@H](OC(=O)[C@@H](C)CC)[C@@H](C)[C@@]3(O)[C@@H](C=C(CO)C[C@]4(O)C(=O)C(C)=C[C@@H]34)[C@@H]1C2(C)C. The zero-order valence-corrected chi connectivity index (χ0v) is 23.7. The molecule has 38 heavy (non-hydrogen) atoms. The second-order valence-electron chi connectivity index (χ2n) is 12.5. The van der Waals surface area contributed by atoms with Gasteiger partial charge in [-0.2, -0.15) is 0 Å². The summed E-state index contributed by atoms with van der Waals surface area (Å²) in [5, 5.41) is 34.7. The van der Waals surface area contributed by atoms with Gasteiger partial charge in [-0.1, -0.05) is 52.8 Å². The van der Waals surface area contributed by atoms with Crippen LogP contribution in [-0.2, 0) is 23.9 Å². The third-order valence-electron chi connectivity index (χ3n) is 10.2. The quantitative estimate of drug-likeness (QED) is 0.271. The molecule has 2 fully saturated rings. The number of fused-ring (bicyclic) bond motifs is 5. The van der Waals surface area contributed by atoms with Gasteiger partial charge in [-0.15, -0.1) is 0 Å². The molecule has 4 rings (SSSR count). The summed E-state index contributed by atoms with van der Waals surface area (Å²) in [5.74, 6) is -4.94. The Balaban J connectivity index is 1.95. The molecule has 4 aliphatic carbocycles. The zero-order valence-electron chi connectivity index (χ0n) is 23.7. The highest BCUT2D eigenvalue weighted by Crippen LogP contribution is 2.77. The molecule has 0 unspecified atom stereocenters. The van der Waals surface area contributed by atoms with E-state index in [1.807, 2.05) is 20.8 Å². The molecule has 9 atom stereocenters. The molecule has 0 bridgehead atoms. The van der Waals surface area contributed by atoms with Crippen molar-refractivity contribution in [3.05, 3.63) is 34.9 Å². The molecule has 3 N–H and O–H groups in total. The predicted octanol–water partition coefficient (Wildman–Crippen LogP) is 3.04. The topological polar surface area (TPSA) is 130 Å². The van der Waals surface area contributed by atoms with Gasteiger partial charge in [-0.05, 0) is 38.3 Å². The van der Waals surface area contributed by atoms with Gasteiger partial charge in [0.15, 0.2) is 11.4 Å². The first-order chi connectivity index (χ1) is 17.6.